The molecule has 6 nitrogen and oxygen atoms in total. The lowest BCUT2D eigenvalue weighted by molar-refractivity contribution is -0.152. The van der Waals surface area contributed by atoms with Crippen LogP contribution in [-0.2, 0) is 23.9 Å². The van der Waals surface area contributed by atoms with Gasteiger partial charge in [-0.25, -0.2) is 0 Å². The third-order valence-electron chi connectivity index (χ3n) is 3.16. The highest BCUT2D eigenvalue weighted by Crippen LogP contribution is 2.31. The third kappa shape index (κ3) is 4.94. The summed E-state index contributed by atoms with van der Waals surface area (Å²) in [5.41, 5.74) is -5.84. The number of carbonyl (C=O) groups excluding carboxylic acids is 2. The van der Waals surface area contributed by atoms with Crippen LogP contribution < -0.4 is 0 Å². The fourth-order valence-electron chi connectivity index (χ4n) is 2.07. The molecule has 0 unspecified atom stereocenters. The molecule has 0 aromatic rings. The molecule has 0 aromatic carbocycles. The highest BCUT2D eigenvalue weighted by Gasteiger charge is 2.47. The van der Waals surface area contributed by atoms with E-state index in [1.165, 1.54) is 0 Å². The summed E-state index contributed by atoms with van der Waals surface area (Å²) in [5.74, 6) is -0.657. The number of likely N-dealkylation sites (tertiary alicyclic amines) is 1. The van der Waals surface area contributed by atoms with Crippen molar-refractivity contribution in [3.63, 3.8) is 0 Å². The van der Waals surface area contributed by atoms with Gasteiger partial charge in [-0.3, -0.25) is 18.7 Å². The maximum atomic E-state index is 12.0. The number of piperidine rings is 1. The Morgan fingerprint density at radius 2 is 1.64 bits per heavy atom. The van der Waals surface area contributed by atoms with Crippen LogP contribution in [0.2, 0.25) is 0 Å². The average Bonchev–Trinajstić information content (AvgIpc) is 2.28. The number of hydrogen-bond donors (Lipinski definition) is 0. The minimum Gasteiger partial charge on any atom is -0.283 e. The van der Waals surface area contributed by atoms with Crippen LogP contribution in [0.15, 0.2) is 0 Å². The van der Waals surface area contributed by atoms with Crippen LogP contribution in [0.1, 0.15) is 39.5 Å². The zero-order chi connectivity index (χ0) is 17.2. The molecule has 0 aromatic heterocycles. The van der Waals surface area contributed by atoms with Gasteiger partial charge in [0.1, 0.15) is 0 Å². The summed E-state index contributed by atoms with van der Waals surface area (Å²) in [7, 11) is -5.59. The number of rotatable bonds is 6. The minimum absolute atomic E-state index is 0.0181. The topological polar surface area (TPSA) is 80.8 Å². The first-order chi connectivity index (χ1) is 9.86. The van der Waals surface area contributed by atoms with Crippen LogP contribution in [0.25, 0.3) is 0 Å². The largest absolute Gasteiger partial charge is 0.523 e. The van der Waals surface area contributed by atoms with Gasteiger partial charge in [0.25, 0.3) is 0 Å². The van der Waals surface area contributed by atoms with Crippen molar-refractivity contribution in [2.45, 2.75) is 45.0 Å². The van der Waals surface area contributed by atoms with Gasteiger partial charge in [0.05, 0.1) is 6.61 Å². The lowest BCUT2D eigenvalue weighted by Crippen LogP contribution is -2.46. The zero-order valence-electron chi connectivity index (χ0n) is 12.3. The number of halogens is 3. The molecule has 10 heteroatoms. The second-order valence-electron chi connectivity index (χ2n) is 5.89. The van der Waals surface area contributed by atoms with E-state index in [1.807, 2.05) is 0 Å². The normalized spacial score (nSPS) is 19.6. The second kappa shape index (κ2) is 6.53. The lowest BCUT2D eigenvalue weighted by Gasteiger charge is -2.34. The van der Waals surface area contributed by atoms with E-state index in [-0.39, 0.29) is 44.0 Å². The fraction of sp³-hybridized carbons (Fsp3) is 0.833. The van der Waals surface area contributed by atoms with Gasteiger partial charge in [0.15, 0.2) is 0 Å². The Kier molecular flexibility index (Phi) is 5.61. The Balaban J connectivity index is 2.37. The van der Waals surface area contributed by atoms with Crippen LogP contribution in [0.4, 0.5) is 13.2 Å². The molecule has 22 heavy (non-hydrogen) atoms. The highest BCUT2D eigenvalue weighted by molar-refractivity contribution is 7.87. The minimum atomic E-state index is -5.59. The molecule has 1 heterocycles. The quantitative estimate of drug-likeness (QED) is 0.317. The molecule has 0 N–H and O–H groups in total. The van der Waals surface area contributed by atoms with Crippen LogP contribution in [0, 0.1) is 5.41 Å². The van der Waals surface area contributed by atoms with Gasteiger partial charge in [-0.2, -0.15) is 21.6 Å². The summed E-state index contributed by atoms with van der Waals surface area (Å²) in [6.45, 7) is 3.00. The van der Waals surface area contributed by atoms with E-state index in [4.69, 9.17) is 0 Å². The summed E-state index contributed by atoms with van der Waals surface area (Å²) >= 11 is 0. The van der Waals surface area contributed by atoms with Crippen molar-refractivity contribution in [2.24, 2.45) is 5.41 Å². The van der Waals surface area contributed by atoms with Crippen molar-refractivity contribution >= 4 is 21.9 Å². The van der Waals surface area contributed by atoms with Gasteiger partial charge in [-0.1, -0.05) is 13.8 Å². The molecule has 0 bridgehead atoms. The number of unbranched alkanes of at least 4 members (excludes halogenated alkanes) is 1. The summed E-state index contributed by atoms with van der Waals surface area (Å²) in [6, 6.07) is 0. The predicted molar refractivity (Wildman–Crippen MR) is 69.9 cm³/mol. The standard InChI is InChI=1S/C12H18F3NO5S/c1-11(2)7-9(17)16(10(18)8-11)5-3-4-6-21-22(19,20)12(13,14)15/h3-8H2,1-2H3. The van der Waals surface area contributed by atoms with E-state index in [2.05, 4.69) is 4.18 Å². The van der Waals surface area contributed by atoms with Crippen molar-refractivity contribution in [1.82, 2.24) is 4.90 Å². The van der Waals surface area contributed by atoms with Crippen molar-refractivity contribution in [3.8, 4) is 0 Å². The molecular weight excluding hydrogens is 327 g/mol. The fourth-order valence-corrected chi connectivity index (χ4v) is 2.54. The lowest BCUT2D eigenvalue weighted by atomic mass is 9.82. The van der Waals surface area contributed by atoms with Crippen molar-refractivity contribution in [2.75, 3.05) is 13.2 Å². The SMILES string of the molecule is CC1(C)CC(=O)N(CCCCOS(=O)(=O)C(F)(F)F)C(=O)C1. The first kappa shape index (κ1) is 18.9. The molecular formula is C12H18F3NO5S. The Morgan fingerprint density at radius 1 is 1.14 bits per heavy atom. The van der Waals surface area contributed by atoms with Crippen molar-refractivity contribution in [1.29, 1.82) is 0 Å². The van der Waals surface area contributed by atoms with Gasteiger partial charge in [0.2, 0.25) is 11.8 Å². The zero-order valence-corrected chi connectivity index (χ0v) is 13.1. The first-order valence-electron chi connectivity index (χ1n) is 6.65. The maximum absolute atomic E-state index is 12.0. The van der Waals surface area contributed by atoms with E-state index in [0.717, 1.165) is 4.90 Å². The maximum Gasteiger partial charge on any atom is 0.523 e. The number of amides is 2. The number of hydrogen-bond acceptors (Lipinski definition) is 5. The average molecular weight is 345 g/mol. The van der Waals surface area contributed by atoms with E-state index in [1.54, 1.807) is 13.8 Å². The van der Waals surface area contributed by atoms with Gasteiger partial charge >= 0.3 is 15.6 Å². The second-order valence-corrected chi connectivity index (χ2v) is 7.49. The molecule has 1 aliphatic rings. The monoisotopic (exact) mass is 345 g/mol. The Hall–Kier alpha value is -1.16. The molecule has 128 valence electrons. The Labute approximate surface area is 126 Å². The first-order valence-corrected chi connectivity index (χ1v) is 8.05. The molecule has 0 radical (unpaired) electrons. The number of carbonyl (C=O) groups is 2. The molecule has 1 rings (SSSR count). The summed E-state index contributed by atoms with van der Waals surface area (Å²) < 4.78 is 61.1. The third-order valence-corrected chi connectivity index (χ3v) is 4.20. The molecule has 1 fully saturated rings. The summed E-state index contributed by atoms with van der Waals surface area (Å²) in [4.78, 5) is 24.7. The van der Waals surface area contributed by atoms with Gasteiger partial charge < -0.3 is 0 Å². The molecule has 1 saturated heterocycles. The molecule has 0 aliphatic carbocycles. The Morgan fingerprint density at radius 3 is 2.09 bits per heavy atom. The number of nitrogens with zero attached hydrogens (tertiary/aromatic N) is 1. The van der Waals surface area contributed by atoms with Crippen LogP contribution in [-0.4, -0.2) is 43.8 Å². The number of imide groups is 1. The van der Waals surface area contributed by atoms with Gasteiger partial charge in [0, 0.05) is 19.4 Å². The number of alkyl halides is 3. The molecule has 2 amide bonds. The highest BCUT2D eigenvalue weighted by atomic mass is 32.2. The smallest absolute Gasteiger partial charge is 0.283 e. The van der Waals surface area contributed by atoms with Gasteiger partial charge in [-0.15, -0.1) is 0 Å². The van der Waals surface area contributed by atoms with Crippen molar-refractivity contribution < 1.29 is 35.4 Å². The van der Waals surface area contributed by atoms with Crippen LogP contribution in [0.3, 0.4) is 0 Å². The molecule has 0 atom stereocenters. The van der Waals surface area contributed by atoms with E-state index in [9.17, 15) is 31.2 Å². The van der Waals surface area contributed by atoms with E-state index in [0.29, 0.717) is 0 Å². The predicted octanol–water partition coefficient (Wildman–Crippen LogP) is 1.81. The molecule has 0 saturated carbocycles. The van der Waals surface area contributed by atoms with E-state index < -0.39 is 27.6 Å². The van der Waals surface area contributed by atoms with Gasteiger partial charge in [-0.05, 0) is 18.3 Å². The summed E-state index contributed by atoms with van der Waals surface area (Å²) in [5, 5.41) is 0. The van der Waals surface area contributed by atoms with Crippen molar-refractivity contribution in [3.05, 3.63) is 0 Å². The van der Waals surface area contributed by atoms with E-state index >= 15 is 0 Å². The van der Waals surface area contributed by atoms with Crippen LogP contribution >= 0.6 is 0 Å². The Bertz CT molecular complexity index is 521. The van der Waals surface area contributed by atoms with Crippen LogP contribution in [0.5, 0.6) is 0 Å². The molecule has 0 spiro atoms. The summed E-state index contributed by atoms with van der Waals surface area (Å²) in [6.07, 6.45) is 0.594. The molecule has 1 aliphatic heterocycles.